The van der Waals surface area contributed by atoms with Gasteiger partial charge in [-0.1, -0.05) is 0 Å². The molecule has 1 atom stereocenters. The summed E-state index contributed by atoms with van der Waals surface area (Å²) in [6.07, 6.45) is 2.44. The lowest BCUT2D eigenvalue weighted by Crippen LogP contribution is -2.17. The van der Waals surface area contributed by atoms with Crippen LogP contribution in [0.15, 0.2) is 0 Å². The van der Waals surface area contributed by atoms with Crippen molar-refractivity contribution in [2.45, 2.75) is 18.8 Å². The molecule has 1 heterocycles. The van der Waals surface area contributed by atoms with Crippen molar-refractivity contribution in [1.29, 1.82) is 0 Å². The zero-order valence-electron chi connectivity index (χ0n) is 4.10. The predicted molar refractivity (Wildman–Crippen MR) is 39.5 cm³/mol. The molecule has 1 rings (SSSR count). The molecule has 0 saturated carbocycles. The van der Waals surface area contributed by atoms with Crippen molar-refractivity contribution in [3.05, 3.63) is 0 Å². The zero-order chi connectivity index (χ0) is 5.28. The van der Waals surface area contributed by atoms with Crippen LogP contribution in [0.5, 0.6) is 0 Å². The maximum Gasteiger partial charge on any atom is 0.0921 e. The molecule has 0 aliphatic carbocycles. The predicted octanol–water partition coefficient (Wildman–Crippen LogP) is 0.927. The summed E-state index contributed by atoms with van der Waals surface area (Å²) in [6, 6.07) is 0. The number of nitrogens with zero attached hydrogens (tertiary/aromatic N) is 1. The molecule has 0 N–H and O–H groups in total. The van der Waals surface area contributed by atoms with Gasteiger partial charge in [0.1, 0.15) is 0 Å². The van der Waals surface area contributed by atoms with E-state index in [0.29, 0.717) is 5.94 Å². The van der Waals surface area contributed by atoms with Gasteiger partial charge in [0.15, 0.2) is 0 Å². The van der Waals surface area contributed by atoms with Crippen molar-refractivity contribution in [1.82, 2.24) is 3.11 Å². The summed E-state index contributed by atoms with van der Waals surface area (Å²) >= 11 is 2.27. The number of hydrogen-bond acceptors (Lipinski definition) is 1. The van der Waals surface area contributed by atoms with Crippen molar-refractivity contribution >= 4 is 30.7 Å². The maximum atomic E-state index is 5.60. The van der Waals surface area contributed by atoms with Crippen LogP contribution in [-0.4, -0.2) is 23.4 Å². The minimum absolute atomic E-state index is 0.334. The van der Waals surface area contributed by atoms with E-state index < -0.39 is 0 Å². The molecule has 1 aliphatic heterocycles. The minimum Gasteiger partial charge on any atom is -0.253 e. The highest BCUT2D eigenvalue weighted by atomic mass is 127. The molecule has 7 heavy (non-hydrogen) atoms. The molecule has 0 aromatic heterocycles. The van der Waals surface area contributed by atoms with E-state index in [1.807, 2.05) is 0 Å². The summed E-state index contributed by atoms with van der Waals surface area (Å²) in [4.78, 5) is 0. The van der Waals surface area contributed by atoms with E-state index in [9.17, 15) is 0 Å². The highest BCUT2D eigenvalue weighted by Gasteiger charge is 2.15. The zero-order valence-corrected chi connectivity index (χ0v) is 6.26. The van der Waals surface area contributed by atoms with Crippen LogP contribution in [0.25, 0.3) is 0 Å². The number of rotatable bonds is 0. The Labute approximate surface area is 59.4 Å². The Morgan fingerprint density at radius 3 is 2.57 bits per heavy atom. The molecule has 0 spiro atoms. The molecule has 0 aromatic rings. The standard InChI is InChI=1S/C4H7BIN/c5-4-2-1-3-7(4)6/h4H,1-3H2. The third-order valence-electron chi connectivity index (χ3n) is 1.23. The van der Waals surface area contributed by atoms with E-state index in [1.54, 1.807) is 0 Å². The monoisotopic (exact) mass is 207 g/mol. The molecule has 1 saturated heterocycles. The van der Waals surface area contributed by atoms with Crippen LogP contribution in [0.3, 0.4) is 0 Å². The van der Waals surface area contributed by atoms with Crippen LogP contribution in [0.1, 0.15) is 12.8 Å². The molecule has 1 nitrogen and oxygen atoms in total. The van der Waals surface area contributed by atoms with Crippen LogP contribution in [0.4, 0.5) is 0 Å². The minimum atomic E-state index is 0.334. The molecule has 0 amide bonds. The van der Waals surface area contributed by atoms with E-state index in [-0.39, 0.29) is 0 Å². The number of hydrogen-bond donors (Lipinski definition) is 0. The van der Waals surface area contributed by atoms with Gasteiger partial charge in [-0.25, -0.2) is 0 Å². The fourth-order valence-corrected chi connectivity index (χ4v) is 1.38. The van der Waals surface area contributed by atoms with Gasteiger partial charge in [-0.3, -0.25) is 3.11 Å². The molecule has 2 radical (unpaired) electrons. The van der Waals surface area contributed by atoms with Gasteiger partial charge in [0.25, 0.3) is 0 Å². The third-order valence-corrected chi connectivity index (χ3v) is 2.43. The lowest BCUT2D eigenvalue weighted by molar-refractivity contribution is 0.590. The fourth-order valence-electron chi connectivity index (χ4n) is 0.757. The summed E-state index contributed by atoms with van der Waals surface area (Å²) in [5.41, 5.74) is 0. The van der Waals surface area contributed by atoms with Crippen molar-refractivity contribution in [2.75, 3.05) is 6.54 Å². The smallest absolute Gasteiger partial charge is 0.0921 e. The Balaban J connectivity index is 2.33. The van der Waals surface area contributed by atoms with E-state index in [1.165, 1.54) is 19.4 Å². The van der Waals surface area contributed by atoms with Gasteiger partial charge in [-0.15, -0.1) is 0 Å². The van der Waals surface area contributed by atoms with E-state index in [2.05, 4.69) is 26.0 Å². The van der Waals surface area contributed by atoms with Crippen molar-refractivity contribution < 1.29 is 0 Å². The Bertz CT molecular complexity index is 60.7. The van der Waals surface area contributed by atoms with Gasteiger partial charge in [-0.05, 0) is 18.8 Å². The third kappa shape index (κ3) is 1.32. The number of halogens is 1. The SMILES string of the molecule is [B]C1CCCN1I. The van der Waals surface area contributed by atoms with Crippen molar-refractivity contribution in [2.24, 2.45) is 0 Å². The van der Waals surface area contributed by atoms with Crippen LogP contribution in [-0.2, 0) is 0 Å². The Kier molecular flexibility index (Phi) is 1.98. The van der Waals surface area contributed by atoms with Crippen LogP contribution in [0.2, 0.25) is 0 Å². The normalized spacial score (nSPS) is 34.1. The first-order chi connectivity index (χ1) is 3.30. The Hall–Kier alpha value is 0.755. The van der Waals surface area contributed by atoms with Crippen LogP contribution < -0.4 is 0 Å². The van der Waals surface area contributed by atoms with Crippen LogP contribution >= 0.6 is 22.9 Å². The molecular weight excluding hydrogens is 200 g/mol. The Morgan fingerprint density at radius 2 is 2.43 bits per heavy atom. The second-order valence-electron chi connectivity index (χ2n) is 1.83. The topological polar surface area (TPSA) is 3.24 Å². The largest absolute Gasteiger partial charge is 0.253 e. The second-order valence-corrected chi connectivity index (χ2v) is 3.07. The van der Waals surface area contributed by atoms with Gasteiger partial charge in [0.05, 0.1) is 7.85 Å². The summed E-state index contributed by atoms with van der Waals surface area (Å²) < 4.78 is 2.15. The molecule has 0 aromatic carbocycles. The average molecular weight is 207 g/mol. The van der Waals surface area contributed by atoms with E-state index in [4.69, 9.17) is 7.85 Å². The summed E-state index contributed by atoms with van der Waals surface area (Å²) in [7, 11) is 5.60. The molecule has 0 bridgehead atoms. The van der Waals surface area contributed by atoms with Gasteiger partial charge in [0.2, 0.25) is 0 Å². The molecular formula is C4H7BIN. The van der Waals surface area contributed by atoms with Gasteiger partial charge < -0.3 is 0 Å². The van der Waals surface area contributed by atoms with Crippen LogP contribution in [0, 0.1) is 0 Å². The molecule has 1 aliphatic rings. The highest BCUT2D eigenvalue weighted by molar-refractivity contribution is 14.1. The van der Waals surface area contributed by atoms with Gasteiger partial charge >= 0.3 is 0 Å². The van der Waals surface area contributed by atoms with Gasteiger partial charge in [-0.2, -0.15) is 0 Å². The van der Waals surface area contributed by atoms with E-state index >= 15 is 0 Å². The molecule has 38 valence electrons. The first kappa shape index (κ1) is 5.88. The van der Waals surface area contributed by atoms with E-state index in [0.717, 1.165) is 0 Å². The molecule has 1 fully saturated rings. The summed E-state index contributed by atoms with van der Waals surface area (Å²) in [6.45, 7) is 1.17. The Morgan fingerprint density at radius 1 is 1.71 bits per heavy atom. The maximum absolute atomic E-state index is 5.60. The molecule has 3 heteroatoms. The molecule has 1 unspecified atom stereocenters. The fraction of sp³-hybridized carbons (Fsp3) is 1.00. The van der Waals surface area contributed by atoms with Crippen molar-refractivity contribution in [3.63, 3.8) is 0 Å². The lowest BCUT2D eigenvalue weighted by atomic mass is 9.96. The van der Waals surface area contributed by atoms with Gasteiger partial charge in [0, 0.05) is 29.4 Å². The highest BCUT2D eigenvalue weighted by Crippen LogP contribution is 2.17. The quantitative estimate of drug-likeness (QED) is 0.324. The summed E-state index contributed by atoms with van der Waals surface area (Å²) in [5, 5.41) is 0. The lowest BCUT2D eigenvalue weighted by Gasteiger charge is -2.09. The van der Waals surface area contributed by atoms with Crippen molar-refractivity contribution in [3.8, 4) is 0 Å². The second kappa shape index (κ2) is 2.35. The first-order valence-corrected chi connectivity index (χ1v) is 3.45. The first-order valence-electron chi connectivity index (χ1n) is 2.49. The summed E-state index contributed by atoms with van der Waals surface area (Å²) in [5.74, 6) is 0.334. The average Bonchev–Trinajstić information content (AvgIpc) is 1.91.